The molecule has 11 heteroatoms. The van der Waals surface area contributed by atoms with Crippen LogP contribution in [-0.4, -0.2) is 83.8 Å². The summed E-state index contributed by atoms with van der Waals surface area (Å²) in [6.45, 7) is 5.64. The number of piperazine rings is 1. The van der Waals surface area contributed by atoms with Crippen LogP contribution in [0.25, 0.3) is 10.8 Å². The second-order valence-corrected chi connectivity index (χ2v) is 13.0. The first-order valence-corrected chi connectivity index (χ1v) is 15.6. The molecule has 0 spiro atoms. The van der Waals surface area contributed by atoms with Crippen molar-refractivity contribution >= 4 is 28.2 Å². The average Bonchev–Trinajstić information content (AvgIpc) is 3.59. The third kappa shape index (κ3) is 4.77. The number of likely N-dealkylation sites (tertiary alicyclic amines) is 1. The molecule has 226 valence electrons. The van der Waals surface area contributed by atoms with Crippen LogP contribution >= 0.6 is 0 Å². The van der Waals surface area contributed by atoms with Gasteiger partial charge in [-0.1, -0.05) is 6.07 Å². The summed E-state index contributed by atoms with van der Waals surface area (Å²) in [4.78, 5) is 30.0. The highest BCUT2D eigenvalue weighted by Gasteiger charge is 2.46. The van der Waals surface area contributed by atoms with Gasteiger partial charge in [-0.05, 0) is 75.6 Å². The summed E-state index contributed by atoms with van der Waals surface area (Å²) in [6.07, 6.45) is 7.27. The lowest BCUT2D eigenvalue weighted by Gasteiger charge is -2.47. The number of hydrogen-bond donors (Lipinski definition) is 2. The van der Waals surface area contributed by atoms with Crippen molar-refractivity contribution in [1.29, 1.82) is 0 Å². The number of aromatic hydroxyl groups is 1. The van der Waals surface area contributed by atoms with E-state index in [2.05, 4.69) is 20.1 Å². The van der Waals surface area contributed by atoms with Gasteiger partial charge in [0.05, 0.1) is 12.3 Å². The van der Waals surface area contributed by atoms with Gasteiger partial charge >= 0.3 is 6.01 Å². The van der Waals surface area contributed by atoms with Crippen molar-refractivity contribution in [3.8, 4) is 11.8 Å². The van der Waals surface area contributed by atoms with E-state index in [1.165, 1.54) is 35.9 Å². The minimum atomic E-state index is -1.05. The van der Waals surface area contributed by atoms with Crippen molar-refractivity contribution in [1.82, 2.24) is 20.2 Å². The van der Waals surface area contributed by atoms with Gasteiger partial charge in [-0.2, -0.15) is 9.97 Å². The second kappa shape index (κ2) is 10.3. The molecular weight excluding hydrogens is 554 g/mol. The van der Waals surface area contributed by atoms with Crippen LogP contribution in [0.15, 0.2) is 24.3 Å². The first kappa shape index (κ1) is 27.0. The fraction of sp³-hybridized carbons (Fsp3) is 0.531. The number of rotatable bonds is 7. The van der Waals surface area contributed by atoms with Gasteiger partial charge in [0.1, 0.15) is 17.3 Å². The Balaban J connectivity index is 1.16. The number of amides is 1. The lowest BCUT2D eigenvalue weighted by Crippen LogP contribution is -2.61. The lowest BCUT2D eigenvalue weighted by atomic mass is 9.92. The van der Waals surface area contributed by atoms with Crippen LogP contribution < -0.4 is 19.9 Å². The number of hydrogen-bond acceptors (Lipinski definition) is 8. The number of carbonyl (C=O) groups is 1. The summed E-state index contributed by atoms with van der Waals surface area (Å²) < 4.78 is 35.8. The zero-order chi connectivity index (χ0) is 29.3. The van der Waals surface area contributed by atoms with Crippen molar-refractivity contribution < 1.29 is 23.4 Å². The number of phenolic OH excluding ortho intramolecular Hbond substituents is 1. The fourth-order valence-corrected chi connectivity index (χ4v) is 7.54. The van der Waals surface area contributed by atoms with E-state index in [1.54, 1.807) is 0 Å². The number of halogens is 2. The topological polar surface area (TPSA) is 94.1 Å². The van der Waals surface area contributed by atoms with Gasteiger partial charge in [-0.15, -0.1) is 0 Å². The molecule has 1 aliphatic carbocycles. The molecule has 1 aromatic heterocycles. The van der Waals surface area contributed by atoms with Crippen molar-refractivity contribution in [2.75, 3.05) is 55.7 Å². The molecule has 1 saturated carbocycles. The van der Waals surface area contributed by atoms with Crippen LogP contribution in [0.5, 0.6) is 11.8 Å². The fourth-order valence-electron chi connectivity index (χ4n) is 7.54. The Morgan fingerprint density at radius 3 is 2.65 bits per heavy atom. The Labute approximate surface area is 248 Å². The van der Waals surface area contributed by atoms with Crippen LogP contribution in [0.3, 0.4) is 0 Å². The summed E-state index contributed by atoms with van der Waals surface area (Å²) in [5.41, 5.74) is 1.19. The smallest absolute Gasteiger partial charge is 0.319 e. The van der Waals surface area contributed by atoms with Gasteiger partial charge in [-0.3, -0.25) is 4.79 Å². The number of aromatic nitrogens is 2. The first-order valence-electron chi connectivity index (χ1n) is 15.6. The Kier molecular flexibility index (Phi) is 6.45. The van der Waals surface area contributed by atoms with Crippen LogP contribution in [0.2, 0.25) is 0 Å². The number of benzene rings is 2. The van der Waals surface area contributed by atoms with E-state index in [0.29, 0.717) is 24.5 Å². The van der Waals surface area contributed by atoms with Crippen LogP contribution in [0.4, 0.5) is 20.3 Å². The summed E-state index contributed by atoms with van der Waals surface area (Å²) in [6, 6.07) is 5.92. The SMILES string of the molecule is O=C1c2nc(OCC3(CN4CCCC4)CC3)nc(N3CC4CCC3CN4)c2CCN1c1cc(O)cc2ccc(F)c(F)c12. The van der Waals surface area contributed by atoms with Crippen LogP contribution in [0, 0.1) is 17.0 Å². The van der Waals surface area contributed by atoms with E-state index in [1.807, 2.05) is 0 Å². The van der Waals surface area contributed by atoms with E-state index < -0.39 is 17.5 Å². The molecule has 3 aromatic rings. The monoisotopic (exact) mass is 590 g/mol. The highest BCUT2D eigenvalue weighted by atomic mass is 19.2. The number of ether oxygens (including phenoxy) is 1. The molecule has 2 bridgehead atoms. The zero-order valence-corrected chi connectivity index (χ0v) is 24.1. The van der Waals surface area contributed by atoms with Gasteiger partial charge in [0.25, 0.3) is 5.91 Å². The highest BCUT2D eigenvalue weighted by molar-refractivity contribution is 6.12. The van der Waals surface area contributed by atoms with E-state index >= 15 is 4.39 Å². The van der Waals surface area contributed by atoms with Crippen molar-refractivity contribution in [2.24, 2.45) is 5.41 Å². The normalized spacial score (nSPS) is 24.6. The quantitative estimate of drug-likeness (QED) is 0.427. The van der Waals surface area contributed by atoms with E-state index in [0.717, 1.165) is 75.9 Å². The van der Waals surface area contributed by atoms with Gasteiger partial charge in [-0.25, -0.2) is 8.78 Å². The molecule has 2 aromatic carbocycles. The lowest BCUT2D eigenvalue weighted by molar-refractivity contribution is 0.0972. The summed E-state index contributed by atoms with van der Waals surface area (Å²) >= 11 is 0. The molecule has 2 unspecified atom stereocenters. The van der Waals surface area contributed by atoms with Gasteiger partial charge in [0.15, 0.2) is 11.6 Å². The maximum atomic E-state index is 15.1. The zero-order valence-electron chi connectivity index (χ0n) is 24.1. The van der Waals surface area contributed by atoms with Crippen molar-refractivity contribution in [2.45, 2.75) is 57.0 Å². The molecule has 43 heavy (non-hydrogen) atoms. The van der Waals surface area contributed by atoms with Crippen molar-refractivity contribution in [3.05, 3.63) is 47.2 Å². The summed E-state index contributed by atoms with van der Waals surface area (Å²) in [5, 5.41) is 14.3. The number of nitrogens with zero attached hydrogens (tertiary/aromatic N) is 5. The molecule has 2 atom stereocenters. The van der Waals surface area contributed by atoms with Gasteiger partial charge < -0.3 is 29.9 Å². The molecule has 6 heterocycles. The third-order valence-electron chi connectivity index (χ3n) is 10.1. The van der Waals surface area contributed by atoms with Gasteiger partial charge in [0, 0.05) is 60.7 Å². The standard InChI is InChI=1S/C32H36F2N6O3/c33-24-6-3-19-13-22(41)14-25(26(19)27(24)34)39-12-7-23-28(30(39)42)36-31(37-29(23)40-16-20-4-5-21(40)15-35-20)43-18-32(8-9-32)17-38-10-1-2-11-38/h3,6,13-14,20-21,35,41H,1-2,4-5,7-12,15-18H2. The number of anilines is 2. The predicted octanol–water partition coefficient (Wildman–Crippen LogP) is 4.01. The molecule has 5 fully saturated rings. The molecule has 4 saturated heterocycles. The Hall–Kier alpha value is -3.57. The van der Waals surface area contributed by atoms with Gasteiger partial charge in [0.2, 0.25) is 0 Å². The van der Waals surface area contributed by atoms with Crippen LogP contribution in [-0.2, 0) is 6.42 Å². The summed E-state index contributed by atoms with van der Waals surface area (Å²) in [7, 11) is 0. The third-order valence-corrected chi connectivity index (χ3v) is 10.1. The largest absolute Gasteiger partial charge is 0.508 e. The first-order chi connectivity index (χ1) is 20.9. The van der Waals surface area contributed by atoms with E-state index in [-0.39, 0.29) is 46.5 Å². The molecule has 5 aliphatic heterocycles. The van der Waals surface area contributed by atoms with Crippen molar-refractivity contribution in [3.63, 3.8) is 0 Å². The minimum Gasteiger partial charge on any atom is -0.508 e. The number of piperidine rings is 2. The van der Waals surface area contributed by atoms with E-state index in [9.17, 15) is 14.3 Å². The maximum absolute atomic E-state index is 15.1. The molecular formula is C32H36F2N6O3. The van der Waals surface area contributed by atoms with Crippen LogP contribution in [0.1, 0.15) is 54.6 Å². The van der Waals surface area contributed by atoms with E-state index in [4.69, 9.17) is 9.72 Å². The molecule has 1 amide bonds. The molecule has 0 radical (unpaired) electrons. The Morgan fingerprint density at radius 1 is 1.09 bits per heavy atom. The number of phenols is 1. The number of nitrogens with one attached hydrogen (secondary N) is 1. The minimum absolute atomic E-state index is 0.0441. The molecule has 9 nitrogen and oxygen atoms in total. The number of carbonyl (C=O) groups excluding carboxylic acids is 1. The highest BCUT2D eigenvalue weighted by Crippen LogP contribution is 2.47. The maximum Gasteiger partial charge on any atom is 0.319 e. The molecule has 9 rings (SSSR count). The predicted molar refractivity (Wildman–Crippen MR) is 158 cm³/mol. The molecule has 6 aliphatic rings. The Morgan fingerprint density at radius 2 is 1.93 bits per heavy atom. The second-order valence-electron chi connectivity index (χ2n) is 13.0. The average molecular weight is 591 g/mol. The number of fused-ring (bicyclic) bond motifs is 5. The molecule has 2 N–H and O–H groups in total. The summed E-state index contributed by atoms with van der Waals surface area (Å²) in [5.74, 6) is -1.90. The Bertz CT molecular complexity index is 1600.